The Labute approximate surface area is 138 Å². The van der Waals surface area contributed by atoms with Gasteiger partial charge in [-0.05, 0) is 24.6 Å². The lowest BCUT2D eigenvalue weighted by Gasteiger charge is -2.09. The molecule has 2 aromatic rings. The van der Waals surface area contributed by atoms with Crippen LogP contribution in [0.3, 0.4) is 0 Å². The molecule has 0 amide bonds. The minimum atomic E-state index is -0.775. The number of ether oxygens (including phenoxy) is 1. The first-order valence-electron chi connectivity index (χ1n) is 7.20. The van der Waals surface area contributed by atoms with Crippen LogP contribution < -0.4 is 5.32 Å². The van der Waals surface area contributed by atoms with Crippen LogP contribution in [0.4, 0.5) is 11.4 Å². The molecule has 0 radical (unpaired) electrons. The summed E-state index contributed by atoms with van der Waals surface area (Å²) in [4.78, 5) is 33.3. The third-order valence-corrected chi connectivity index (χ3v) is 3.16. The maximum Gasteiger partial charge on any atom is 0.338 e. The lowest BCUT2D eigenvalue weighted by molar-refractivity contribution is -0.384. The first-order chi connectivity index (χ1) is 11.5. The van der Waals surface area contributed by atoms with Gasteiger partial charge in [-0.15, -0.1) is 0 Å². The summed E-state index contributed by atoms with van der Waals surface area (Å²) in [5.41, 5.74) is 1.06. The molecule has 124 valence electrons. The van der Waals surface area contributed by atoms with Gasteiger partial charge in [-0.25, -0.2) is 4.79 Å². The highest BCUT2D eigenvalue weighted by molar-refractivity contribution is 5.93. The van der Waals surface area contributed by atoms with Gasteiger partial charge in [0.15, 0.2) is 5.78 Å². The van der Waals surface area contributed by atoms with Crippen molar-refractivity contribution in [3.8, 4) is 0 Å². The molecule has 0 spiro atoms. The molecule has 0 aliphatic rings. The maximum atomic E-state index is 11.8. The predicted molar refractivity (Wildman–Crippen MR) is 87.8 cm³/mol. The first kappa shape index (κ1) is 17.1. The number of benzene rings is 2. The van der Waals surface area contributed by atoms with Crippen molar-refractivity contribution in [3.05, 3.63) is 69.8 Å². The zero-order valence-corrected chi connectivity index (χ0v) is 13.0. The van der Waals surface area contributed by atoms with E-state index in [2.05, 4.69) is 5.32 Å². The minimum absolute atomic E-state index is 0.0215. The summed E-state index contributed by atoms with van der Waals surface area (Å²) in [7, 11) is 0. The molecule has 0 aromatic heterocycles. The van der Waals surface area contributed by atoms with Crippen LogP contribution in [0.25, 0.3) is 0 Å². The van der Waals surface area contributed by atoms with Gasteiger partial charge < -0.3 is 10.1 Å². The van der Waals surface area contributed by atoms with Gasteiger partial charge in [0.25, 0.3) is 5.69 Å². The van der Waals surface area contributed by atoms with Crippen LogP contribution in [-0.2, 0) is 16.1 Å². The summed E-state index contributed by atoms with van der Waals surface area (Å²) >= 11 is 0. The van der Waals surface area contributed by atoms with Crippen molar-refractivity contribution < 1.29 is 19.2 Å². The summed E-state index contributed by atoms with van der Waals surface area (Å²) in [6.07, 6.45) is 0. The molecule has 0 unspecified atom stereocenters. The van der Waals surface area contributed by atoms with Gasteiger partial charge in [-0.2, -0.15) is 0 Å². The number of rotatable bonds is 7. The smallest absolute Gasteiger partial charge is 0.338 e. The van der Waals surface area contributed by atoms with E-state index in [1.165, 1.54) is 19.1 Å². The Bertz CT molecular complexity index is 759. The molecule has 2 rings (SSSR count). The van der Waals surface area contributed by atoms with Gasteiger partial charge in [0, 0.05) is 12.6 Å². The van der Waals surface area contributed by atoms with Gasteiger partial charge in [-0.3, -0.25) is 14.9 Å². The normalized spacial score (nSPS) is 10.0. The predicted octanol–water partition coefficient (Wildman–Crippen LogP) is 2.95. The number of hydrogen-bond donors (Lipinski definition) is 1. The van der Waals surface area contributed by atoms with Crippen molar-refractivity contribution in [2.45, 2.75) is 13.5 Å². The summed E-state index contributed by atoms with van der Waals surface area (Å²) in [5, 5.41) is 14.2. The van der Waals surface area contributed by atoms with Crippen LogP contribution in [-0.4, -0.2) is 23.3 Å². The number of nitrogens with one attached hydrogen (secondary N) is 1. The fourth-order valence-corrected chi connectivity index (χ4v) is 2.00. The third kappa shape index (κ3) is 4.64. The number of carbonyl (C=O) groups excluding carboxylic acids is 2. The van der Waals surface area contributed by atoms with Gasteiger partial charge in [0.2, 0.25) is 0 Å². The van der Waals surface area contributed by atoms with E-state index in [4.69, 9.17) is 4.74 Å². The molecule has 7 heteroatoms. The molecule has 24 heavy (non-hydrogen) atoms. The first-order valence-corrected chi connectivity index (χ1v) is 7.20. The number of nitro benzene ring substituents is 1. The fourth-order valence-electron chi connectivity index (χ4n) is 2.00. The van der Waals surface area contributed by atoms with Crippen molar-refractivity contribution in [2.75, 3.05) is 11.9 Å². The van der Waals surface area contributed by atoms with E-state index < -0.39 is 10.9 Å². The van der Waals surface area contributed by atoms with E-state index >= 15 is 0 Å². The number of ketones is 1. The Balaban J connectivity index is 2.16. The zero-order valence-electron chi connectivity index (χ0n) is 13.0. The average Bonchev–Trinajstić information content (AvgIpc) is 2.58. The van der Waals surface area contributed by atoms with Crippen LogP contribution >= 0.6 is 0 Å². The largest absolute Gasteiger partial charge is 0.454 e. The lowest BCUT2D eigenvalue weighted by atomic mass is 10.1. The van der Waals surface area contributed by atoms with E-state index in [9.17, 15) is 19.7 Å². The average molecular weight is 328 g/mol. The number of Topliss-reactive ketones (excluding diaryl/α,β-unsaturated/α-hetero) is 1. The van der Waals surface area contributed by atoms with Crippen LogP contribution in [0, 0.1) is 10.1 Å². The highest BCUT2D eigenvalue weighted by atomic mass is 16.6. The zero-order chi connectivity index (χ0) is 17.5. The van der Waals surface area contributed by atoms with Crippen LogP contribution in [0.2, 0.25) is 0 Å². The molecule has 1 N–H and O–H groups in total. The van der Waals surface area contributed by atoms with Gasteiger partial charge in [0.05, 0.1) is 10.5 Å². The molecule has 7 nitrogen and oxygen atoms in total. The molecule has 0 saturated carbocycles. The molecular weight excluding hydrogens is 312 g/mol. The second kappa shape index (κ2) is 7.87. The molecule has 0 aliphatic carbocycles. The summed E-state index contributed by atoms with van der Waals surface area (Å²) in [5.74, 6) is -1.08. The molecule has 0 atom stereocenters. The van der Waals surface area contributed by atoms with Crippen LogP contribution in [0.1, 0.15) is 22.8 Å². The van der Waals surface area contributed by atoms with E-state index in [0.29, 0.717) is 12.2 Å². The topological polar surface area (TPSA) is 98.5 Å². The second-order valence-corrected chi connectivity index (χ2v) is 5.11. The van der Waals surface area contributed by atoms with Gasteiger partial charge >= 0.3 is 5.97 Å². The Morgan fingerprint density at radius 1 is 1.17 bits per heavy atom. The minimum Gasteiger partial charge on any atom is -0.454 e. The molecule has 0 saturated heterocycles. The third-order valence-electron chi connectivity index (χ3n) is 3.16. The number of anilines is 1. The van der Waals surface area contributed by atoms with Crippen molar-refractivity contribution in [1.82, 2.24) is 0 Å². The highest BCUT2D eigenvalue weighted by Gasteiger charge is 2.18. The Hall–Kier alpha value is -3.22. The van der Waals surface area contributed by atoms with Crippen molar-refractivity contribution in [3.63, 3.8) is 0 Å². The molecule has 0 fully saturated rings. The maximum absolute atomic E-state index is 11.8. The van der Waals surface area contributed by atoms with Gasteiger partial charge in [-0.1, -0.05) is 30.3 Å². The second-order valence-electron chi connectivity index (χ2n) is 5.11. The highest BCUT2D eigenvalue weighted by Crippen LogP contribution is 2.26. The van der Waals surface area contributed by atoms with Crippen molar-refractivity contribution >= 4 is 23.1 Å². The molecule has 0 aliphatic heterocycles. The number of nitro groups is 1. The van der Waals surface area contributed by atoms with Crippen LogP contribution in [0.15, 0.2) is 48.5 Å². The Morgan fingerprint density at radius 3 is 2.50 bits per heavy atom. The van der Waals surface area contributed by atoms with E-state index in [1.807, 2.05) is 30.3 Å². The van der Waals surface area contributed by atoms with Crippen LogP contribution in [0.5, 0.6) is 0 Å². The summed E-state index contributed by atoms with van der Waals surface area (Å²) < 4.78 is 4.76. The fraction of sp³-hybridized carbons (Fsp3) is 0.176. The van der Waals surface area contributed by atoms with E-state index in [1.54, 1.807) is 0 Å². The Morgan fingerprint density at radius 2 is 1.88 bits per heavy atom. The van der Waals surface area contributed by atoms with Gasteiger partial charge in [0.1, 0.15) is 12.3 Å². The van der Waals surface area contributed by atoms with E-state index in [-0.39, 0.29) is 23.6 Å². The molecule has 0 heterocycles. The number of carbonyl (C=O) groups is 2. The van der Waals surface area contributed by atoms with Crippen molar-refractivity contribution in [1.29, 1.82) is 0 Å². The van der Waals surface area contributed by atoms with Crippen molar-refractivity contribution in [2.24, 2.45) is 0 Å². The van der Waals surface area contributed by atoms with E-state index in [0.717, 1.165) is 11.6 Å². The number of esters is 1. The number of hydrogen-bond acceptors (Lipinski definition) is 6. The molecular formula is C17H16N2O5. The SMILES string of the molecule is CC(=O)COC(=O)c1ccc(NCc2ccccc2)c([N+](=O)[O-])c1. The number of nitrogens with zero attached hydrogens (tertiary/aromatic N) is 1. The Kier molecular flexibility index (Phi) is 5.62. The lowest BCUT2D eigenvalue weighted by Crippen LogP contribution is -2.12. The standard InChI is InChI=1S/C17H16N2O5/c1-12(20)11-24-17(21)14-7-8-15(16(9-14)19(22)23)18-10-13-5-3-2-4-6-13/h2-9,18H,10-11H2,1H3. The monoisotopic (exact) mass is 328 g/mol. The quantitative estimate of drug-likeness (QED) is 0.476. The molecule has 0 bridgehead atoms. The molecule has 2 aromatic carbocycles. The summed E-state index contributed by atoms with van der Waals surface area (Å²) in [6, 6.07) is 13.4. The summed E-state index contributed by atoms with van der Waals surface area (Å²) in [6.45, 7) is 1.34.